The minimum absolute atomic E-state index is 0.0328. The lowest BCUT2D eigenvalue weighted by Gasteiger charge is -2.71. The Kier molecular flexibility index (Phi) is 5.76. The lowest BCUT2D eigenvalue weighted by Crippen LogP contribution is -2.64. The van der Waals surface area contributed by atoms with Crippen LogP contribution in [0.4, 0.5) is 0 Å². The van der Waals surface area contributed by atoms with E-state index in [0.29, 0.717) is 24.2 Å². The second-order valence-electron chi connectivity index (χ2n) is 15.0. The Morgan fingerprint density at radius 3 is 2.31 bits per heavy atom. The molecule has 4 fully saturated rings. The molecule has 5 aliphatic rings. The first-order valence-corrected chi connectivity index (χ1v) is 14.3. The number of carbonyl (C=O) groups is 1. The zero-order valence-electron chi connectivity index (χ0n) is 23.4. The third kappa shape index (κ3) is 3.14. The zero-order chi connectivity index (χ0) is 25.7. The molecule has 4 heteroatoms. The van der Waals surface area contributed by atoms with Gasteiger partial charge in [0.2, 0.25) is 0 Å². The number of fused-ring (bicyclic) bond motifs is 7. The third-order valence-corrected chi connectivity index (χ3v) is 13.6. The van der Waals surface area contributed by atoms with Crippen molar-refractivity contribution in [1.82, 2.24) is 0 Å². The number of ether oxygens (including phenoxy) is 1. The summed E-state index contributed by atoms with van der Waals surface area (Å²) in [6.45, 7) is 14.6. The number of carbonyl (C=O) groups excluding carboxylic acids is 1. The first-order chi connectivity index (χ1) is 16.2. The summed E-state index contributed by atoms with van der Waals surface area (Å²) in [5.74, 6) is 1.27. The highest BCUT2D eigenvalue weighted by molar-refractivity contribution is 5.77. The molecule has 5 aliphatic carbocycles. The molecule has 5 rings (SSSR count). The maximum absolute atomic E-state index is 12.9. The zero-order valence-corrected chi connectivity index (χ0v) is 23.4. The van der Waals surface area contributed by atoms with Crippen LogP contribution in [0.5, 0.6) is 0 Å². The fraction of sp³-hybridized carbons (Fsp3) is 0.903. The van der Waals surface area contributed by atoms with Crippen molar-refractivity contribution in [3.63, 3.8) is 0 Å². The van der Waals surface area contributed by atoms with Crippen LogP contribution in [0.2, 0.25) is 0 Å². The lowest BCUT2D eigenvalue weighted by molar-refractivity contribution is -0.204. The number of hydrogen-bond acceptors (Lipinski definition) is 4. The molecule has 0 amide bonds. The summed E-state index contributed by atoms with van der Waals surface area (Å²) in [6.07, 6.45) is 12.8. The van der Waals surface area contributed by atoms with Gasteiger partial charge in [0.25, 0.3) is 0 Å². The van der Waals surface area contributed by atoms with Crippen molar-refractivity contribution in [3.8, 4) is 0 Å². The first kappa shape index (κ1) is 25.8. The van der Waals surface area contributed by atoms with E-state index < -0.39 is 5.41 Å². The van der Waals surface area contributed by atoms with Gasteiger partial charge < -0.3 is 14.9 Å². The molecule has 0 aromatic carbocycles. The maximum atomic E-state index is 12.9. The predicted molar refractivity (Wildman–Crippen MR) is 138 cm³/mol. The van der Waals surface area contributed by atoms with Crippen LogP contribution in [0, 0.1) is 50.2 Å². The summed E-state index contributed by atoms with van der Waals surface area (Å²) in [7, 11) is 1.46. The molecular weight excluding hydrogens is 436 g/mol. The molecule has 198 valence electrons. The molecular formula is C31H50O4. The van der Waals surface area contributed by atoms with Crippen molar-refractivity contribution in [2.24, 2.45) is 50.2 Å². The average Bonchev–Trinajstić information content (AvgIpc) is 2.82. The third-order valence-electron chi connectivity index (χ3n) is 13.6. The average molecular weight is 487 g/mol. The number of hydrogen-bond donors (Lipinski definition) is 2. The number of esters is 1. The van der Waals surface area contributed by atoms with Gasteiger partial charge in [0, 0.05) is 0 Å². The molecule has 4 saturated carbocycles. The molecule has 0 aliphatic heterocycles. The summed E-state index contributed by atoms with van der Waals surface area (Å²) in [5.41, 5.74) is 1.56. The highest BCUT2D eigenvalue weighted by Crippen LogP contribution is 2.75. The van der Waals surface area contributed by atoms with Crippen molar-refractivity contribution < 1.29 is 19.7 Å². The molecule has 2 N–H and O–H groups in total. The van der Waals surface area contributed by atoms with E-state index >= 15 is 0 Å². The Balaban J connectivity index is 1.56. The largest absolute Gasteiger partial charge is 0.469 e. The quantitative estimate of drug-likeness (QED) is 0.355. The Bertz CT molecular complexity index is 923. The van der Waals surface area contributed by atoms with Gasteiger partial charge in [0.15, 0.2) is 0 Å². The molecule has 0 aromatic heterocycles. The molecule has 0 radical (unpaired) electrons. The van der Waals surface area contributed by atoms with Gasteiger partial charge in [-0.2, -0.15) is 0 Å². The van der Waals surface area contributed by atoms with Crippen LogP contribution >= 0.6 is 0 Å². The van der Waals surface area contributed by atoms with Gasteiger partial charge in [0.05, 0.1) is 25.2 Å². The van der Waals surface area contributed by atoms with Gasteiger partial charge >= 0.3 is 5.97 Å². The standard InChI is InChI=1S/C31H50O4/c1-26(2)22-10-13-30(6)23(28(22,4)12-11-24(26)33)9-8-20-21-18-31(19-32,25(34)35-7)17-15-27(21,3)14-16-29(20,30)5/h8,21-24,32-33H,9-19H2,1-7H3/t21?,22?,23?,24?,27?,28?,29-,30?,31-/m1/s1. The molecule has 0 aromatic rings. The second-order valence-corrected chi connectivity index (χ2v) is 15.0. The fourth-order valence-electron chi connectivity index (χ4n) is 10.9. The van der Waals surface area contributed by atoms with Crippen LogP contribution in [0.15, 0.2) is 11.6 Å². The van der Waals surface area contributed by atoms with Crippen molar-refractivity contribution in [1.29, 1.82) is 0 Å². The number of allylic oxidation sites excluding steroid dienone is 2. The first-order valence-electron chi connectivity index (χ1n) is 14.3. The van der Waals surface area contributed by atoms with Crippen LogP contribution in [-0.2, 0) is 9.53 Å². The van der Waals surface area contributed by atoms with Crippen molar-refractivity contribution in [2.45, 2.75) is 112 Å². The fourth-order valence-corrected chi connectivity index (χ4v) is 10.9. The highest BCUT2D eigenvalue weighted by atomic mass is 16.5. The van der Waals surface area contributed by atoms with Crippen LogP contribution in [0.25, 0.3) is 0 Å². The lowest BCUT2D eigenvalue weighted by atomic mass is 9.33. The van der Waals surface area contributed by atoms with Crippen LogP contribution in [0.1, 0.15) is 106 Å². The van der Waals surface area contributed by atoms with E-state index in [-0.39, 0.29) is 45.8 Å². The maximum Gasteiger partial charge on any atom is 0.314 e. The minimum atomic E-state index is -0.761. The Labute approximate surface area is 213 Å². The summed E-state index contributed by atoms with van der Waals surface area (Å²) in [6, 6.07) is 0. The molecule has 0 bridgehead atoms. The van der Waals surface area contributed by atoms with Crippen molar-refractivity contribution in [2.75, 3.05) is 13.7 Å². The Morgan fingerprint density at radius 2 is 1.66 bits per heavy atom. The van der Waals surface area contributed by atoms with E-state index in [4.69, 9.17) is 4.74 Å². The summed E-state index contributed by atoms with van der Waals surface area (Å²) in [5, 5.41) is 21.3. The summed E-state index contributed by atoms with van der Waals surface area (Å²) in [4.78, 5) is 12.9. The molecule has 7 unspecified atom stereocenters. The number of methoxy groups -OCH3 is 1. The normalized spacial score (nSPS) is 52.8. The summed E-state index contributed by atoms with van der Waals surface area (Å²) >= 11 is 0. The van der Waals surface area contributed by atoms with Crippen molar-refractivity contribution in [3.05, 3.63) is 11.6 Å². The molecule has 0 saturated heterocycles. The van der Waals surface area contributed by atoms with Gasteiger partial charge in [-0.3, -0.25) is 4.79 Å². The van der Waals surface area contributed by atoms with Crippen LogP contribution in [0.3, 0.4) is 0 Å². The van der Waals surface area contributed by atoms with Crippen molar-refractivity contribution >= 4 is 5.97 Å². The minimum Gasteiger partial charge on any atom is -0.469 e. The summed E-state index contributed by atoms with van der Waals surface area (Å²) < 4.78 is 5.23. The van der Waals surface area contributed by atoms with E-state index in [2.05, 4.69) is 47.6 Å². The van der Waals surface area contributed by atoms with Crippen LogP contribution < -0.4 is 0 Å². The number of aliphatic hydroxyl groups excluding tert-OH is 2. The molecule has 35 heavy (non-hydrogen) atoms. The van der Waals surface area contributed by atoms with Gasteiger partial charge in [-0.05, 0) is 109 Å². The molecule has 9 atom stereocenters. The smallest absolute Gasteiger partial charge is 0.314 e. The van der Waals surface area contributed by atoms with Gasteiger partial charge in [-0.25, -0.2) is 0 Å². The Morgan fingerprint density at radius 1 is 0.971 bits per heavy atom. The number of rotatable bonds is 2. The van der Waals surface area contributed by atoms with E-state index in [1.807, 2.05) is 0 Å². The second kappa shape index (κ2) is 7.82. The number of aliphatic hydroxyl groups is 2. The van der Waals surface area contributed by atoms with E-state index in [9.17, 15) is 15.0 Å². The SMILES string of the molecule is COC(=O)[C@]1(CO)CCC2(C)CC[C@]3(C)C(=CCC4C5(C)CCC(O)C(C)(C)C5CCC43C)C2C1. The van der Waals surface area contributed by atoms with E-state index in [1.165, 1.54) is 32.8 Å². The van der Waals surface area contributed by atoms with Crippen LogP contribution in [-0.4, -0.2) is 36.0 Å². The predicted octanol–water partition coefficient (Wildman–Crippen LogP) is 6.29. The van der Waals surface area contributed by atoms with Gasteiger partial charge in [-0.1, -0.05) is 53.2 Å². The van der Waals surface area contributed by atoms with E-state index in [0.717, 1.165) is 32.1 Å². The molecule has 0 heterocycles. The van der Waals surface area contributed by atoms with Gasteiger partial charge in [0.1, 0.15) is 0 Å². The van der Waals surface area contributed by atoms with Gasteiger partial charge in [-0.15, -0.1) is 0 Å². The molecule has 4 nitrogen and oxygen atoms in total. The van der Waals surface area contributed by atoms with E-state index in [1.54, 1.807) is 5.57 Å². The monoisotopic (exact) mass is 486 g/mol. The molecule has 0 spiro atoms. The topological polar surface area (TPSA) is 66.8 Å². The highest BCUT2D eigenvalue weighted by Gasteiger charge is 2.68. The Hall–Kier alpha value is -0.870.